The van der Waals surface area contributed by atoms with Crippen LogP contribution >= 0.6 is 23.2 Å². The number of benzene rings is 1. The molecule has 0 aromatic heterocycles. The molecule has 112 valence electrons. The molecule has 0 amide bonds. The lowest BCUT2D eigenvalue weighted by molar-refractivity contribution is 0.352. The lowest BCUT2D eigenvalue weighted by atomic mass is 9.86. The van der Waals surface area contributed by atoms with Crippen LogP contribution in [-0.2, 0) is 16.3 Å². The minimum Gasteiger partial charge on any atom is -0.319 e. The maximum atomic E-state index is 11.6. The summed E-state index contributed by atoms with van der Waals surface area (Å²) >= 11 is 12.1. The molecule has 20 heavy (non-hydrogen) atoms. The largest absolute Gasteiger partial charge is 0.319 e. The van der Waals surface area contributed by atoms with Crippen LogP contribution in [0.25, 0.3) is 0 Å². The van der Waals surface area contributed by atoms with Crippen molar-refractivity contribution in [3.63, 3.8) is 0 Å². The van der Waals surface area contributed by atoms with Crippen LogP contribution in [0, 0.1) is 11.8 Å². The van der Waals surface area contributed by atoms with E-state index in [0.717, 1.165) is 24.9 Å². The van der Waals surface area contributed by atoms with Crippen LogP contribution in [-0.4, -0.2) is 33.5 Å². The van der Waals surface area contributed by atoms with E-state index in [4.69, 9.17) is 23.2 Å². The van der Waals surface area contributed by atoms with Gasteiger partial charge in [0.25, 0.3) is 0 Å². The number of sulfone groups is 1. The standard InChI is InChI=1S/C14H19Cl2NO2S/c1-17-8-12(11-4-5-20(18,19)9-11)6-10-2-3-13(15)7-14(10)16/h2-3,7,11-12,17H,4-6,8-9H2,1H3. The second kappa shape index (κ2) is 6.65. The van der Waals surface area contributed by atoms with Crippen molar-refractivity contribution in [2.24, 2.45) is 11.8 Å². The summed E-state index contributed by atoms with van der Waals surface area (Å²) in [4.78, 5) is 0. The molecule has 2 rings (SSSR count). The summed E-state index contributed by atoms with van der Waals surface area (Å²) in [7, 11) is -0.961. The van der Waals surface area contributed by atoms with Gasteiger partial charge in [0.1, 0.15) is 0 Å². The minimum absolute atomic E-state index is 0.208. The van der Waals surface area contributed by atoms with Gasteiger partial charge in [-0.2, -0.15) is 0 Å². The zero-order valence-electron chi connectivity index (χ0n) is 11.4. The number of halogens is 2. The van der Waals surface area contributed by atoms with Crippen molar-refractivity contribution in [3.05, 3.63) is 33.8 Å². The van der Waals surface area contributed by atoms with Gasteiger partial charge in [-0.25, -0.2) is 8.42 Å². The molecule has 0 saturated carbocycles. The minimum atomic E-state index is -2.85. The van der Waals surface area contributed by atoms with Crippen molar-refractivity contribution in [1.82, 2.24) is 5.32 Å². The van der Waals surface area contributed by atoms with Gasteiger partial charge >= 0.3 is 0 Å². The third-order valence-electron chi connectivity index (χ3n) is 3.90. The first-order valence-electron chi connectivity index (χ1n) is 6.70. The van der Waals surface area contributed by atoms with Gasteiger partial charge in [-0.15, -0.1) is 0 Å². The molecule has 2 atom stereocenters. The predicted molar refractivity (Wildman–Crippen MR) is 84.3 cm³/mol. The smallest absolute Gasteiger partial charge is 0.150 e. The van der Waals surface area contributed by atoms with Gasteiger partial charge in [0.2, 0.25) is 0 Å². The summed E-state index contributed by atoms with van der Waals surface area (Å²) in [6, 6.07) is 5.49. The second-order valence-corrected chi connectivity index (χ2v) is 8.49. The molecule has 0 radical (unpaired) electrons. The monoisotopic (exact) mass is 335 g/mol. The lowest BCUT2D eigenvalue weighted by Crippen LogP contribution is -2.28. The van der Waals surface area contributed by atoms with E-state index >= 15 is 0 Å². The third kappa shape index (κ3) is 4.10. The van der Waals surface area contributed by atoms with Crippen LogP contribution in [0.1, 0.15) is 12.0 Å². The fourth-order valence-corrected chi connectivity index (χ4v) is 5.24. The van der Waals surface area contributed by atoms with Gasteiger partial charge in [-0.3, -0.25) is 0 Å². The first-order chi connectivity index (χ1) is 9.41. The molecule has 1 aliphatic rings. The molecule has 1 aliphatic heterocycles. The Labute approximate surface area is 130 Å². The van der Waals surface area contributed by atoms with Gasteiger partial charge < -0.3 is 5.32 Å². The van der Waals surface area contributed by atoms with E-state index in [0.29, 0.717) is 21.6 Å². The second-order valence-electron chi connectivity index (χ2n) is 5.42. The molecule has 1 fully saturated rings. The van der Waals surface area contributed by atoms with Crippen molar-refractivity contribution < 1.29 is 8.42 Å². The summed E-state index contributed by atoms with van der Waals surface area (Å²) in [6.45, 7) is 0.791. The van der Waals surface area contributed by atoms with Crippen LogP contribution in [0.4, 0.5) is 0 Å². The SMILES string of the molecule is CNCC(Cc1ccc(Cl)cc1Cl)C1CCS(=O)(=O)C1. The van der Waals surface area contributed by atoms with Crippen molar-refractivity contribution in [1.29, 1.82) is 0 Å². The van der Waals surface area contributed by atoms with E-state index in [1.807, 2.05) is 19.2 Å². The quantitative estimate of drug-likeness (QED) is 0.899. The zero-order chi connectivity index (χ0) is 14.8. The summed E-state index contributed by atoms with van der Waals surface area (Å²) in [5.74, 6) is 1.09. The average Bonchev–Trinajstić information content (AvgIpc) is 2.72. The van der Waals surface area contributed by atoms with E-state index < -0.39 is 9.84 Å². The first kappa shape index (κ1) is 16.1. The predicted octanol–water partition coefficient (Wildman–Crippen LogP) is 2.81. The number of hydrogen-bond donors (Lipinski definition) is 1. The highest BCUT2D eigenvalue weighted by Gasteiger charge is 2.33. The van der Waals surface area contributed by atoms with E-state index in [1.165, 1.54) is 0 Å². The molecule has 0 spiro atoms. The Morgan fingerprint density at radius 3 is 2.70 bits per heavy atom. The van der Waals surface area contributed by atoms with Crippen LogP contribution in [0.2, 0.25) is 10.0 Å². The van der Waals surface area contributed by atoms with Crippen LogP contribution in [0.5, 0.6) is 0 Å². The molecule has 0 aliphatic carbocycles. The van der Waals surface area contributed by atoms with Gasteiger partial charge in [-0.05, 0) is 56.0 Å². The van der Waals surface area contributed by atoms with Gasteiger partial charge in [0.05, 0.1) is 11.5 Å². The van der Waals surface area contributed by atoms with Crippen molar-refractivity contribution in [3.8, 4) is 0 Å². The van der Waals surface area contributed by atoms with E-state index in [-0.39, 0.29) is 11.8 Å². The fourth-order valence-electron chi connectivity index (χ4n) is 2.83. The highest BCUT2D eigenvalue weighted by atomic mass is 35.5. The Morgan fingerprint density at radius 2 is 2.15 bits per heavy atom. The molecule has 6 heteroatoms. The molecule has 1 aromatic rings. The van der Waals surface area contributed by atoms with Gasteiger partial charge in [-0.1, -0.05) is 29.3 Å². The van der Waals surface area contributed by atoms with Crippen LogP contribution in [0.15, 0.2) is 18.2 Å². The molecule has 1 aromatic carbocycles. The molecular formula is C14H19Cl2NO2S. The van der Waals surface area contributed by atoms with Crippen molar-refractivity contribution in [2.45, 2.75) is 12.8 Å². The normalized spacial score (nSPS) is 22.9. The maximum Gasteiger partial charge on any atom is 0.150 e. The lowest BCUT2D eigenvalue weighted by Gasteiger charge is -2.23. The summed E-state index contributed by atoms with van der Waals surface area (Å²) in [5, 5.41) is 4.43. The summed E-state index contributed by atoms with van der Waals surface area (Å²) in [5.41, 5.74) is 1.03. The fraction of sp³-hybridized carbons (Fsp3) is 0.571. The van der Waals surface area contributed by atoms with Crippen LogP contribution in [0.3, 0.4) is 0 Å². The number of rotatable bonds is 5. The third-order valence-corrected chi connectivity index (χ3v) is 6.28. The topological polar surface area (TPSA) is 46.2 Å². The molecule has 1 N–H and O–H groups in total. The Kier molecular flexibility index (Phi) is 5.35. The Morgan fingerprint density at radius 1 is 1.40 bits per heavy atom. The summed E-state index contributed by atoms with van der Waals surface area (Å²) < 4.78 is 23.3. The highest BCUT2D eigenvalue weighted by molar-refractivity contribution is 7.91. The highest BCUT2D eigenvalue weighted by Crippen LogP contribution is 2.31. The van der Waals surface area contributed by atoms with E-state index in [9.17, 15) is 8.42 Å². The molecule has 2 unspecified atom stereocenters. The molecule has 3 nitrogen and oxygen atoms in total. The molecule has 1 saturated heterocycles. The van der Waals surface area contributed by atoms with Gasteiger partial charge in [0, 0.05) is 10.0 Å². The Bertz CT molecular complexity index is 575. The summed E-state index contributed by atoms with van der Waals surface area (Å²) in [6.07, 6.45) is 1.52. The average molecular weight is 336 g/mol. The van der Waals surface area contributed by atoms with Crippen LogP contribution < -0.4 is 5.32 Å². The van der Waals surface area contributed by atoms with Crippen molar-refractivity contribution >= 4 is 33.0 Å². The Hall–Kier alpha value is -0.290. The zero-order valence-corrected chi connectivity index (χ0v) is 13.7. The van der Waals surface area contributed by atoms with E-state index in [2.05, 4.69) is 5.32 Å². The Balaban J connectivity index is 2.13. The first-order valence-corrected chi connectivity index (χ1v) is 9.28. The van der Waals surface area contributed by atoms with Gasteiger partial charge in [0.15, 0.2) is 9.84 Å². The number of hydrogen-bond acceptors (Lipinski definition) is 3. The molecule has 0 bridgehead atoms. The van der Waals surface area contributed by atoms with E-state index in [1.54, 1.807) is 6.07 Å². The number of nitrogens with one attached hydrogen (secondary N) is 1. The van der Waals surface area contributed by atoms with Crippen molar-refractivity contribution in [2.75, 3.05) is 25.1 Å². The maximum absolute atomic E-state index is 11.6. The molecule has 1 heterocycles. The molecular weight excluding hydrogens is 317 g/mol.